The molecule has 2 rings (SSSR count). The summed E-state index contributed by atoms with van der Waals surface area (Å²) in [5.41, 5.74) is 7.02. The maximum absolute atomic E-state index is 5.66. The van der Waals surface area contributed by atoms with Gasteiger partial charge in [0, 0.05) is 12.6 Å². The first-order chi connectivity index (χ1) is 8.74. The molecule has 0 saturated carbocycles. The van der Waals surface area contributed by atoms with Gasteiger partial charge >= 0.3 is 0 Å². The number of nitrogens with one attached hydrogen (secondary N) is 1. The monoisotopic (exact) mass is 242 g/mol. The van der Waals surface area contributed by atoms with Crippen molar-refractivity contribution >= 4 is 11.6 Å². The van der Waals surface area contributed by atoms with Crippen LogP contribution in [0.2, 0.25) is 0 Å². The second-order valence-corrected chi connectivity index (χ2v) is 4.24. The molecule has 0 amide bonds. The number of hydrogen-bond donors (Lipinski definition) is 2. The molecule has 3 N–H and O–H groups in total. The molecule has 1 aromatic carbocycles. The van der Waals surface area contributed by atoms with E-state index >= 15 is 0 Å². The van der Waals surface area contributed by atoms with Gasteiger partial charge in [-0.3, -0.25) is 0 Å². The lowest BCUT2D eigenvalue weighted by molar-refractivity contribution is 0.856. The highest BCUT2D eigenvalue weighted by Crippen LogP contribution is 2.08. The Hall–Kier alpha value is -2.10. The van der Waals surface area contributed by atoms with E-state index in [-0.39, 0.29) is 0 Å². The van der Waals surface area contributed by atoms with Gasteiger partial charge in [-0.05, 0) is 25.3 Å². The van der Waals surface area contributed by atoms with Crippen LogP contribution in [0.1, 0.15) is 17.8 Å². The number of rotatable bonds is 5. The summed E-state index contributed by atoms with van der Waals surface area (Å²) in [7, 11) is 0. The van der Waals surface area contributed by atoms with E-state index in [1.807, 2.05) is 13.0 Å². The largest absolute Gasteiger partial charge is 0.384 e. The van der Waals surface area contributed by atoms with E-state index in [9.17, 15) is 0 Å². The lowest BCUT2D eigenvalue weighted by Gasteiger charge is -2.07. The zero-order valence-electron chi connectivity index (χ0n) is 10.6. The Morgan fingerprint density at radius 1 is 1.17 bits per heavy atom. The third kappa shape index (κ3) is 3.73. The number of nitrogens with zero attached hydrogens (tertiary/aromatic N) is 2. The Morgan fingerprint density at radius 3 is 2.67 bits per heavy atom. The zero-order valence-corrected chi connectivity index (χ0v) is 10.6. The van der Waals surface area contributed by atoms with Gasteiger partial charge in [-0.15, -0.1) is 0 Å². The van der Waals surface area contributed by atoms with Crippen LogP contribution in [0.25, 0.3) is 0 Å². The molecular weight excluding hydrogens is 224 g/mol. The first-order valence-corrected chi connectivity index (χ1v) is 6.13. The van der Waals surface area contributed by atoms with Crippen LogP contribution in [0.3, 0.4) is 0 Å². The van der Waals surface area contributed by atoms with Gasteiger partial charge < -0.3 is 11.1 Å². The van der Waals surface area contributed by atoms with Gasteiger partial charge in [0.1, 0.15) is 17.5 Å². The predicted molar refractivity (Wildman–Crippen MR) is 74.4 cm³/mol. The van der Waals surface area contributed by atoms with Crippen LogP contribution in [-0.4, -0.2) is 16.5 Å². The molecular formula is C14H18N4. The molecule has 0 aliphatic rings. The number of aromatic nitrogens is 2. The van der Waals surface area contributed by atoms with Gasteiger partial charge in [-0.2, -0.15) is 0 Å². The second kappa shape index (κ2) is 6.00. The van der Waals surface area contributed by atoms with Crippen molar-refractivity contribution in [2.75, 3.05) is 17.6 Å². The Labute approximate surface area is 107 Å². The molecule has 2 aromatic rings. The van der Waals surface area contributed by atoms with Crippen molar-refractivity contribution in [1.29, 1.82) is 0 Å². The van der Waals surface area contributed by atoms with E-state index in [0.29, 0.717) is 11.6 Å². The lowest BCUT2D eigenvalue weighted by Crippen LogP contribution is -2.07. The molecule has 0 bridgehead atoms. The minimum atomic E-state index is 0.507. The van der Waals surface area contributed by atoms with Gasteiger partial charge in [0.15, 0.2) is 0 Å². The molecule has 0 unspecified atom stereocenters. The van der Waals surface area contributed by atoms with E-state index in [4.69, 9.17) is 5.73 Å². The molecule has 0 saturated heterocycles. The normalized spacial score (nSPS) is 10.3. The molecule has 4 nitrogen and oxygen atoms in total. The van der Waals surface area contributed by atoms with Crippen LogP contribution in [0.15, 0.2) is 36.4 Å². The summed E-state index contributed by atoms with van der Waals surface area (Å²) in [4.78, 5) is 8.31. The molecule has 0 fully saturated rings. The van der Waals surface area contributed by atoms with Gasteiger partial charge in [0.05, 0.1) is 0 Å². The number of benzene rings is 1. The third-order valence-corrected chi connectivity index (χ3v) is 2.65. The summed E-state index contributed by atoms with van der Waals surface area (Å²) in [6, 6.07) is 12.2. The molecule has 0 spiro atoms. The first-order valence-electron chi connectivity index (χ1n) is 6.13. The van der Waals surface area contributed by atoms with Crippen LogP contribution < -0.4 is 11.1 Å². The van der Waals surface area contributed by atoms with E-state index in [2.05, 4.69) is 39.6 Å². The van der Waals surface area contributed by atoms with Gasteiger partial charge in [-0.25, -0.2) is 9.97 Å². The molecule has 0 aliphatic carbocycles. The summed E-state index contributed by atoms with van der Waals surface area (Å²) < 4.78 is 0. The smallest absolute Gasteiger partial charge is 0.131 e. The van der Waals surface area contributed by atoms with E-state index in [1.54, 1.807) is 6.07 Å². The molecule has 0 atom stereocenters. The quantitative estimate of drug-likeness (QED) is 0.790. The molecule has 18 heavy (non-hydrogen) atoms. The Balaban J connectivity index is 1.78. The summed E-state index contributed by atoms with van der Waals surface area (Å²) in [6.07, 6.45) is 2.13. The van der Waals surface area contributed by atoms with Crippen LogP contribution in [0.5, 0.6) is 0 Å². The summed E-state index contributed by atoms with van der Waals surface area (Å²) in [5.74, 6) is 2.00. The minimum absolute atomic E-state index is 0.507. The topological polar surface area (TPSA) is 63.8 Å². The predicted octanol–water partition coefficient (Wildman–Crippen LogP) is 2.41. The van der Waals surface area contributed by atoms with E-state index in [1.165, 1.54) is 5.56 Å². The standard InChI is InChI=1S/C14H18N4/c1-11-17-13(15)10-14(18-11)16-9-5-8-12-6-3-2-4-7-12/h2-4,6-7,10H,5,8-9H2,1H3,(H3,15,16,17,18). The number of hydrogen-bond acceptors (Lipinski definition) is 4. The number of nitrogens with two attached hydrogens (primary N) is 1. The van der Waals surface area contributed by atoms with Crippen molar-refractivity contribution in [2.24, 2.45) is 0 Å². The van der Waals surface area contributed by atoms with E-state index < -0.39 is 0 Å². The number of anilines is 2. The molecule has 94 valence electrons. The average Bonchev–Trinajstić information content (AvgIpc) is 2.35. The van der Waals surface area contributed by atoms with Crippen LogP contribution in [-0.2, 0) is 6.42 Å². The van der Waals surface area contributed by atoms with Gasteiger partial charge in [0.25, 0.3) is 0 Å². The highest BCUT2D eigenvalue weighted by Gasteiger charge is 1.98. The molecule has 0 aliphatic heterocycles. The molecule has 4 heteroatoms. The zero-order chi connectivity index (χ0) is 12.8. The third-order valence-electron chi connectivity index (χ3n) is 2.65. The molecule has 1 heterocycles. The summed E-state index contributed by atoms with van der Waals surface area (Å²) in [6.45, 7) is 2.72. The summed E-state index contributed by atoms with van der Waals surface area (Å²) >= 11 is 0. The van der Waals surface area contributed by atoms with Crippen LogP contribution in [0.4, 0.5) is 11.6 Å². The average molecular weight is 242 g/mol. The highest BCUT2D eigenvalue weighted by atomic mass is 15.0. The van der Waals surface area contributed by atoms with Crippen molar-refractivity contribution in [3.63, 3.8) is 0 Å². The number of nitrogen functional groups attached to an aromatic ring is 1. The fourth-order valence-corrected chi connectivity index (χ4v) is 1.83. The van der Waals surface area contributed by atoms with E-state index in [0.717, 1.165) is 25.2 Å². The van der Waals surface area contributed by atoms with Gasteiger partial charge in [0.2, 0.25) is 0 Å². The lowest BCUT2D eigenvalue weighted by atomic mass is 10.1. The SMILES string of the molecule is Cc1nc(N)cc(NCCCc2ccccc2)n1. The Bertz CT molecular complexity index is 476. The molecule has 0 radical (unpaired) electrons. The fourth-order valence-electron chi connectivity index (χ4n) is 1.83. The second-order valence-electron chi connectivity index (χ2n) is 4.24. The first kappa shape index (κ1) is 12.4. The number of aryl methyl sites for hydroxylation is 2. The summed E-state index contributed by atoms with van der Waals surface area (Å²) in [5, 5.41) is 3.27. The van der Waals surface area contributed by atoms with Crippen molar-refractivity contribution in [1.82, 2.24) is 9.97 Å². The maximum atomic E-state index is 5.66. The van der Waals surface area contributed by atoms with Crippen molar-refractivity contribution in [3.8, 4) is 0 Å². The van der Waals surface area contributed by atoms with Crippen molar-refractivity contribution in [3.05, 3.63) is 47.8 Å². The maximum Gasteiger partial charge on any atom is 0.131 e. The molecule has 1 aromatic heterocycles. The minimum Gasteiger partial charge on any atom is -0.384 e. The van der Waals surface area contributed by atoms with Gasteiger partial charge in [-0.1, -0.05) is 30.3 Å². The van der Waals surface area contributed by atoms with Crippen molar-refractivity contribution in [2.45, 2.75) is 19.8 Å². The van der Waals surface area contributed by atoms with Crippen molar-refractivity contribution < 1.29 is 0 Å². The fraction of sp³-hybridized carbons (Fsp3) is 0.286. The highest BCUT2D eigenvalue weighted by molar-refractivity contribution is 5.44. The Morgan fingerprint density at radius 2 is 1.94 bits per heavy atom. The van der Waals surface area contributed by atoms with Crippen LogP contribution in [0, 0.1) is 6.92 Å². The van der Waals surface area contributed by atoms with Crippen LogP contribution >= 0.6 is 0 Å². The Kier molecular flexibility index (Phi) is 4.12.